The van der Waals surface area contributed by atoms with Gasteiger partial charge in [0.15, 0.2) is 5.16 Å². The maximum atomic E-state index is 13.0. The van der Waals surface area contributed by atoms with Gasteiger partial charge in [0.25, 0.3) is 0 Å². The average Bonchev–Trinajstić information content (AvgIpc) is 2.82. The van der Waals surface area contributed by atoms with Gasteiger partial charge in [-0.25, -0.2) is 4.39 Å². The highest BCUT2D eigenvalue weighted by Crippen LogP contribution is 2.21. The Morgan fingerprint density at radius 2 is 2.32 bits per heavy atom. The largest absolute Gasteiger partial charge is 0.368 e. The summed E-state index contributed by atoms with van der Waals surface area (Å²) in [5.74, 6) is -0.459. The van der Waals surface area contributed by atoms with Gasteiger partial charge in [-0.1, -0.05) is 29.4 Å². The van der Waals surface area contributed by atoms with E-state index in [9.17, 15) is 9.18 Å². The molecule has 0 aliphatic carbocycles. The van der Waals surface area contributed by atoms with Crippen LogP contribution >= 0.6 is 23.4 Å². The van der Waals surface area contributed by atoms with Crippen molar-refractivity contribution in [2.45, 2.75) is 11.7 Å². The van der Waals surface area contributed by atoms with E-state index in [2.05, 4.69) is 22.1 Å². The molecule has 0 saturated heterocycles. The Morgan fingerprint density at radius 1 is 1.55 bits per heavy atom. The second kappa shape index (κ2) is 7.28. The molecule has 1 amide bonds. The minimum absolute atomic E-state index is 0.0519. The lowest BCUT2D eigenvalue weighted by atomic mass is 10.3. The molecular weight excluding hydrogens is 329 g/mol. The number of hydrogen-bond acceptors (Lipinski definition) is 5. The van der Waals surface area contributed by atoms with Gasteiger partial charge >= 0.3 is 0 Å². The Morgan fingerprint density at radius 3 is 3.00 bits per heavy atom. The first-order valence-electron chi connectivity index (χ1n) is 6.18. The van der Waals surface area contributed by atoms with E-state index >= 15 is 0 Å². The van der Waals surface area contributed by atoms with E-state index in [1.165, 1.54) is 30.0 Å². The molecule has 1 aromatic heterocycles. The zero-order chi connectivity index (χ0) is 16.1. The summed E-state index contributed by atoms with van der Waals surface area (Å²) in [5, 5.41) is 10.7. The third-order valence-electron chi connectivity index (χ3n) is 2.59. The average molecular weight is 342 g/mol. The fraction of sp³-hybridized carbons (Fsp3) is 0.154. The minimum atomic E-state index is -0.540. The van der Waals surface area contributed by atoms with E-state index < -0.39 is 5.82 Å². The monoisotopic (exact) mass is 341 g/mol. The number of nitrogens with two attached hydrogens (primary N) is 1. The number of nitrogen functional groups attached to an aromatic ring is 1. The first-order chi connectivity index (χ1) is 10.5. The van der Waals surface area contributed by atoms with Crippen LogP contribution in [0.25, 0.3) is 0 Å². The molecule has 2 aromatic rings. The number of benzene rings is 1. The summed E-state index contributed by atoms with van der Waals surface area (Å²) in [6, 6.07) is 3.96. The SMILES string of the molecule is C=CCn1c(N)nnc1SCC(=O)Nc1ccc(F)c(Cl)c1. The number of carbonyl (C=O) groups excluding carboxylic acids is 1. The van der Waals surface area contributed by atoms with Gasteiger partial charge < -0.3 is 11.1 Å². The van der Waals surface area contributed by atoms with E-state index in [4.69, 9.17) is 17.3 Å². The lowest BCUT2D eigenvalue weighted by molar-refractivity contribution is -0.113. The summed E-state index contributed by atoms with van der Waals surface area (Å²) in [6.07, 6.45) is 1.66. The maximum Gasteiger partial charge on any atom is 0.234 e. The van der Waals surface area contributed by atoms with E-state index in [0.717, 1.165) is 0 Å². The molecule has 0 atom stereocenters. The summed E-state index contributed by atoms with van der Waals surface area (Å²) < 4.78 is 14.7. The number of hydrogen-bond donors (Lipinski definition) is 2. The van der Waals surface area contributed by atoms with Crippen LogP contribution in [0.5, 0.6) is 0 Å². The third-order valence-corrected chi connectivity index (χ3v) is 3.85. The molecule has 1 aromatic carbocycles. The standard InChI is InChI=1S/C13H13ClFN5OS/c1-2-5-20-12(16)18-19-13(20)22-7-11(21)17-8-3-4-10(15)9(14)6-8/h2-4,6H,1,5,7H2,(H2,16,18)(H,17,21). The van der Waals surface area contributed by atoms with E-state index in [1.54, 1.807) is 10.6 Å². The van der Waals surface area contributed by atoms with Crippen LogP contribution in [0, 0.1) is 5.82 Å². The van der Waals surface area contributed by atoms with Crippen molar-refractivity contribution < 1.29 is 9.18 Å². The number of allylic oxidation sites excluding steroid dienone is 1. The Labute approximate surface area is 135 Å². The molecule has 0 radical (unpaired) electrons. The fourth-order valence-corrected chi connectivity index (χ4v) is 2.54. The van der Waals surface area contributed by atoms with Crippen molar-refractivity contribution in [1.82, 2.24) is 14.8 Å². The number of thioether (sulfide) groups is 1. The molecule has 22 heavy (non-hydrogen) atoms. The van der Waals surface area contributed by atoms with Crippen LogP contribution in [0.2, 0.25) is 5.02 Å². The molecule has 1 heterocycles. The van der Waals surface area contributed by atoms with Crippen molar-refractivity contribution >= 4 is 40.9 Å². The molecule has 0 spiro atoms. The molecule has 0 saturated carbocycles. The van der Waals surface area contributed by atoms with Gasteiger partial charge in [0, 0.05) is 12.2 Å². The van der Waals surface area contributed by atoms with Crippen molar-refractivity contribution in [3.8, 4) is 0 Å². The lowest BCUT2D eigenvalue weighted by Crippen LogP contribution is -2.14. The Hall–Kier alpha value is -2.06. The highest BCUT2D eigenvalue weighted by atomic mass is 35.5. The van der Waals surface area contributed by atoms with Crippen molar-refractivity contribution in [1.29, 1.82) is 0 Å². The summed E-state index contributed by atoms with van der Waals surface area (Å²) in [5.41, 5.74) is 6.09. The molecule has 116 valence electrons. The normalized spacial score (nSPS) is 10.5. The molecule has 3 N–H and O–H groups in total. The Balaban J connectivity index is 1.95. The van der Waals surface area contributed by atoms with Gasteiger partial charge in [-0.15, -0.1) is 16.8 Å². The summed E-state index contributed by atoms with van der Waals surface area (Å²) in [6.45, 7) is 4.08. The highest BCUT2D eigenvalue weighted by molar-refractivity contribution is 7.99. The minimum Gasteiger partial charge on any atom is -0.368 e. The number of amides is 1. The number of nitrogens with zero attached hydrogens (tertiary/aromatic N) is 3. The number of halogens is 2. The molecule has 9 heteroatoms. The van der Waals surface area contributed by atoms with Crippen molar-refractivity contribution in [2.75, 3.05) is 16.8 Å². The molecule has 0 bridgehead atoms. The van der Waals surface area contributed by atoms with E-state index in [1.807, 2.05) is 0 Å². The van der Waals surface area contributed by atoms with Crippen LogP contribution in [0.1, 0.15) is 0 Å². The number of rotatable bonds is 6. The Kier molecular flexibility index (Phi) is 5.40. The molecular formula is C13H13ClFN5OS. The van der Waals surface area contributed by atoms with Gasteiger partial charge in [-0.3, -0.25) is 9.36 Å². The van der Waals surface area contributed by atoms with E-state index in [0.29, 0.717) is 17.4 Å². The summed E-state index contributed by atoms with van der Waals surface area (Å²) in [7, 11) is 0. The Bertz CT molecular complexity index is 706. The fourth-order valence-electron chi connectivity index (χ4n) is 1.61. The van der Waals surface area contributed by atoms with Crippen LogP contribution in [0.3, 0.4) is 0 Å². The second-order valence-electron chi connectivity index (χ2n) is 4.21. The second-order valence-corrected chi connectivity index (χ2v) is 5.56. The number of anilines is 2. The van der Waals surface area contributed by atoms with E-state index in [-0.39, 0.29) is 22.6 Å². The third kappa shape index (κ3) is 3.99. The van der Waals surface area contributed by atoms with Crippen LogP contribution < -0.4 is 11.1 Å². The van der Waals surface area contributed by atoms with Gasteiger partial charge in [-0.2, -0.15) is 0 Å². The number of aromatic nitrogens is 3. The molecule has 0 unspecified atom stereocenters. The van der Waals surface area contributed by atoms with Gasteiger partial charge in [0.05, 0.1) is 10.8 Å². The lowest BCUT2D eigenvalue weighted by Gasteiger charge is -2.07. The zero-order valence-corrected chi connectivity index (χ0v) is 13.0. The molecule has 2 rings (SSSR count). The highest BCUT2D eigenvalue weighted by Gasteiger charge is 2.12. The quantitative estimate of drug-likeness (QED) is 0.623. The molecule has 6 nitrogen and oxygen atoms in total. The smallest absolute Gasteiger partial charge is 0.234 e. The van der Waals surface area contributed by atoms with Gasteiger partial charge in [-0.05, 0) is 18.2 Å². The van der Waals surface area contributed by atoms with Crippen LogP contribution in [0.4, 0.5) is 16.0 Å². The van der Waals surface area contributed by atoms with Crippen LogP contribution in [0.15, 0.2) is 36.0 Å². The molecule has 0 aliphatic heterocycles. The van der Waals surface area contributed by atoms with Crippen LogP contribution in [-0.4, -0.2) is 26.4 Å². The summed E-state index contributed by atoms with van der Waals surface area (Å²) in [4.78, 5) is 11.9. The summed E-state index contributed by atoms with van der Waals surface area (Å²) >= 11 is 6.84. The van der Waals surface area contributed by atoms with Crippen LogP contribution in [-0.2, 0) is 11.3 Å². The van der Waals surface area contributed by atoms with Crippen molar-refractivity contribution in [2.24, 2.45) is 0 Å². The molecule has 0 fully saturated rings. The molecule has 0 aliphatic rings. The number of carbonyl (C=O) groups is 1. The first-order valence-corrected chi connectivity index (χ1v) is 7.55. The predicted octanol–water partition coefficient (Wildman–Crippen LogP) is 2.57. The predicted molar refractivity (Wildman–Crippen MR) is 85.4 cm³/mol. The topological polar surface area (TPSA) is 85.8 Å². The van der Waals surface area contributed by atoms with Crippen molar-refractivity contribution in [3.63, 3.8) is 0 Å². The van der Waals surface area contributed by atoms with Gasteiger partial charge in [0.2, 0.25) is 11.9 Å². The van der Waals surface area contributed by atoms with Crippen molar-refractivity contribution in [3.05, 3.63) is 41.7 Å². The first kappa shape index (κ1) is 16.3. The van der Waals surface area contributed by atoms with Gasteiger partial charge in [0.1, 0.15) is 5.82 Å². The maximum absolute atomic E-state index is 13.0. The number of nitrogens with one attached hydrogen (secondary N) is 1. The zero-order valence-electron chi connectivity index (χ0n) is 11.4.